The molecule has 0 fully saturated rings. The summed E-state index contributed by atoms with van der Waals surface area (Å²) in [5.41, 5.74) is -0.104. The van der Waals surface area contributed by atoms with E-state index in [1.807, 2.05) is 0 Å². The lowest BCUT2D eigenvalue weighted by atomic mass is 10.1. The Hall–Kier alpha value is -2.28. The van der Waals surface area contributed by atoms with Gasteiger partial charge in [-0.15, -0.1) is 0 Å². The monoisotopic (exact) mass is 299 g/mol. The number of ether oxygens (including phenoxy) is 2. The van der Waals surface area contributed by atoms with Crippen LogP contribution in [0.15, 0.2) is 16.7 Å². The summed E-state index contributed by atoms with van der Waals surface area (Å²) in [4.78, 5) is 10.8. The van der Waals surface area contributed by atoms with Crippen molar-refractivity contribution >= 4 is 17.6 Å². The van der Waals surface area contributed by atoms with Gasteiger partial charge >= 0.3 is 5.97 Å². The van der Waals surface area contributed by atoms with Crippen molar-refractivity contribution in [1.29, 1.82) is 0 Å². The number of carboxylic acid groups (broad SMARTS) is 1. The van der Waals surface area contributed by atoms with Gasteiger partial charge in [-0.25, -0.2) is 9.18 Å². The van der Waals surface area contributed by atoms with Crippen LogP contribution in [0, 0.1) is 5.82 Å². The summed E-state index contributed by atoms with van der Waals surface area (Å²) in [5, 5.41) is 12.1. The van der Waals surface area contributed by atoms with Gasteiger partial charge in [0.05, 0.1) is 10.6 Å². The van der Waals surface area contributed by atoms with E-state index in [1.54, 1.807) is 0 Å². The van der Waals surface area contributed by atoms with Gasteiger partial charge in [-0.3, -0.25) is 0 Å². The van der Waals surface area contributed by atoms with E-state index in [1.165, 1.54) is 6.07 Å². The van der Waals surface area contributed by atoms with E-state index in [0.29, 0.717) is 6.61 Å². The van der Waals surface area contributed by atoms with Crippen molar-refractivity contribution in [3.63, 3.8) is 0 Å². The van der Waals surface area contributed by atoms with Crippen LogP contribution in [-0.2, 0) is 0 Å². The molecule has 0 bridgehead atoms. The Morgan fingerprint density at radius 2 is 2.10 bits per heavy atom. The predicted octanol–water partition coefficient (Wildman–Crippen LogP) is 2.60. The first-order valence-corrected chi connectivity index (χ1v) is 5.93. The first-order valence-electron chi connectivity index (χ1n) is 5.56. The number of benzene rings is 1. The molecule has 1 aliphatic rings. The normalized spacial score (nSPS) is 13.3. The molecule has 1 N–H and O–H groups in total. The molecule has 1 aromatic carbocycles. The van der Waals surface area contributed by atoms with Crippen LogP contribution in [0.5, 0.6) is 11.5 Å². The number of carboxylic acids is 1. The number of rotatable bonds is 2. The minimum absolute atomic E-state index is 0.0239. The van der Waals surface area contributed by atoms with Crippen molar-refractivity contribution in [2.24, 2.45) is 0 Å². The lowest BCUT2D eigenvalue weighted by Gasteiger charge is -2.21. The Balaban J connectivity index is 2.20. The standard InChI is InChI=1S/C12H7ClFNO5/c13-5-3-7-11(19-2-1-18-7)9(10(5)14)6-4-8(12(16)17)20-15-6/h3-4H,1-2H2,(H,16,17). The molecule has 0 unspecified atom stereocenters. The lowest BCUT2D eigenvalue weighted by molar-refractivity contribution is 0.0652. The largest absolute Gasteiger partial charge is 0.486 e. The van der Waals surface area contributed by atoms with E-state index in [2.05, 4.69) is 9.68 Å². The second-order valence-corrected chi connectivity index (χ2v) is 4.36. The predicted molar refractivity (Wildman–Crippen MR) is 64.9 cm³/mol. The quantitative estimate of drug-likeness (QED) is 0.918. The highest BCUT2D eigenvalue weighted by atomic mass is 35.5. The Kier molecular flexibility index (Phi) is 2.98. The van der Waals surface area contributed by atoms with E-state index in [-0.39, 0.29) is 34.4 Å². The fourth-order valence-electron chi connectivity index (χ4n) is 1.85. The van der Waals surface area contributed by atoms with Crippen LogP contribution in [0.1, 0.15) is 10.6 Å². The molecule has 0 radical (unpaired) electrons. The number of hydrogen-bond acceptors (Lipinski definition) is 5. The van der Waals surface area contributed by atoms with Crippen LogP contribution in [0.3, 0.4) is 0 Å². The second kappa shape index (κ2) is 4.68. The van der Waals surface area contributed by atoms with Crippen LogP contribution in [0.2, 0.25) is 5.02 Å². The van der Waals surface area contributed by atoms with Gasteiger partial charge < -0.3 is 19.1 Å². The van der Waals surface area contributed by atoms with E-state index in [0.717, 1.165) is 6.07 Å². The number of halogens is 2. The van der Waals surface area contributed by atoms with Crippen molar-refractivity contribution in [3.05, 3.63) is 28.7 Å². The highest BCUT2D eigenvalue weighted by Crippen LogP contribution is 2.44. The molecule has 1 aromatic heterocycles. The minimum atomic E-state index is -1.31. The fraction of sp³-hybridized carbons (Fsp3) is 0.167. The van der Waals surface area contributed by atoms with Crippen LogP contribution < -0.4 is 9.47 Å². The van der Waals surface area contributed by atoms with Gasteiger partial charge in [0.2, 0.25) is 5.76 Å². The average Bonchev–Trinajstić information content (AvgIpc) is 2.90. The molecule has 0 atom stereocenters. The maximum atomic E-state index is 14.2. The third kappa shape index (κ3) is 1.96. The molecule has 0 saturated carbocycles. The Bertz CT molecular complexity index is 699. The zero-order valence-electron chi connectivity index (χ0n) is 9.85. The summed E-state index contributed by atoms with van der Waals surface area (Å²) in [5.74, 6) is -2.09. The molecule has 0 aliphatic carbocycles. The fourth-order valence-corrected chi connectivity index (χ4v) is 2.05. The maximum Gasteiger partial charge on any atom is 0.374 e. The number of aromatic nitrogens is 1. The summed E-state index contributed by atoms with van der Waals surface area (Å²) in [7, 11) is 0. The second-order valence-electron chi connectivity index (χ2n) is 3.95. The van der Waals surface area contributed by atoms with E-state index >= 15 is 0 Å². The minimum Gasteiger partial charge on any atom is -0.486 e. The van der Waals surface area contributed by atoms with Gasteiger partial charge in [-0.05, 0) is 0 Å². The van der Waals surface area contributed by atoms with Crippen molar-refractivity contribution in [2.45, 2.75) is 0 Å². The number of nitrogens with zero attached hydrogens (tertiary/aromatic N) is 1. The third-order valence-electron chi connectivity index (χ3n) is 2.70. The van der Waals surface area contributed by atoms with Crippen molar-refractivity contribution in [2.75, 3.05) is 13.2 Å². The molecule has 0 saturated heterocycles. The molecule has 2 aromatic rings. The van der Waals surface area contributed by atoms with Crippen molar-refractivity contribution in [3.8, 4) is 22.8 Å². The van der Waals surface area contributed by atoms with Gasteiger partial charge in [0.1, 0.15) is 18.9 Å². The highest BCUT2D eigenvalue weighted by molar-refractivity contribution is 6.31. The molecule has 0 spiro atoms. The summed E-state index contributed by atoms with van der Waals surface area (Å²) in [6, 6.07) is 2.39. The molecule has 20 heavy (non-hydrogen) atoms. The Morgan fingerprint density at radius 1 is 1.35 bits per heavy atom. The summed E-state index contributed by atoms with van der Waals surface area (Å²) in [6.07, 6.45) is 0. The lowest BCUT2D eigenvalue weighted by Crippen LogP contribution is -2.16. The Morgan fingerprint density at radius 3 is 2.80 bits per heavy atom. The molecule has 104 valence electrons. The van der Waals surface area contributed by atoms with Crippen LogP contribution in [0.4, 0.5) is 4.39 Å². The SMILES string of the molecule is O=C(O)c1cc(-c2c(F)c(Cl)cc3c2OCCO3)no1. The molecular formula is C12H7ClFNO5. The first-order chi connectivity index (χ1) is 9.58. The molecular weight excluding hydrogens is 293 g/mol. The molecule has 2 heterocycles. The van der Waals surface area contributed by atoms with Crippen molar-refractivity contribution in [1.82, 2.24) is 5.16 Å². The van der Waals surface area contributed by atoms with Gasteiger partial charge in [0, 0.05) is 12.1 Å². The van der Waals surface area contributed by atoms with E-state index < -0.39 is 17.5 Å². The maximum absolute atomic E-state index is 14.2. The number of aromatic carboxylic acids is 1. The first kappa shape index (κ1) is 12.7. The number of fused-ring (bicyclic) bond motifs is 1. The van der Waals surface area contributed by atoms with Gasteiger partial charge in [-0.2, -0.15) is 0 Å². The smallest absolute Gasteiger partial charge is 0.374 e. The van der Waals surface area contributed by atoms with Crippen LogP contribution in [-0.4, -0.2) is 29.4 Å². The summed E-state index contributed by atoms with van der Waals surface area (Å²) in [6.45, 7) is 0.554. The summed E-state index contributed by atoms with van der Waals surface area (Å²) >= 11 is 5.78. The topological polar surface area (TPSA) is 81.8 Å². The number of carbonyl (C=O) groups is 1. The molecule has 8 heteroatoms. The zero-order chi connectivity index (χ0) is 14.3. The van der Waals surface area contributed by atoms with E-state index in [9.17, 15) is 9.18 Å². The van der Waals surface area contributed by atoms with Gasteiger partial charge in [0.25, 0.3) is 0 Å². The molecule has 1 aliphatic heterocycles. The highest BCUT2D eigenvalue weighted by Gasteiger charge is 2.26. The molecule has 3 rings (SSSR count). The average molecular weight is 300 g/mol. The molecule has 0 amide bonds. The van der Waals surface area contributed by atoms with Crippen LogP contribution in [0.25, 0.3) is 11.3 Å². The number of hydrogen-bond donors (Lipinski definition) is 1. The summed E-state index contributed by atoms with van der Waals surface area (Å²) < 4.78 is 29.5. The van der Waals surface area contributed by atoms with Gasteiger partial charge in [0.15, 0.2) is 17.3 Å². The zero-order valence-corrected chi connectivity index (χ0v) is 10.6. The van der Waals surface area contributed by atoms with Crippen molar-refractivity contribution < 1.29 is 28.3 Å². The van der Waals surface area contributed by atoms with E-state index in [4.69, 9.17) is 26.2 Å². The van der Waals surface area contributed by atoms with Gasteiger partial charge in [-0.1, -0.05) is 16.8 Å². The molecule has 6 nitrogen and oxygen atoms in total. The van der Waals surface area contributed by atoms with Crippen LogP contribution >= 0.6 is 11.6 Å². The Labute approximate surface area is 116 Å². The third-order valence-corrected chi connectivity index (χ3v) is 2.98.